The van der Waals surface area contributed by atoms with Crippen LogP contribution in [0.1, 0.15) is 6.92 Å². The van der Waals surface area contributed by atoms with Gasteiger partial charge in [0.15, 0.2) is 0 Å². The lowest BCUT2D eigenvalue weighted by Crippen LogP contribution is -2.20. The average molecular weight is 286 g/mol. The molecule has 0 aliphatic carbocycles. The van der Waals surface area contributed by atoms with Crippen LogP contribution in [0.5, 0.6) is 0 Å². The van der Waals surface area contributed by atoms with Gasteiger partial charge >= 0.3 is 17.3 Å². The number of hydrogen-bond acceptors (Lipinski definition) is 5. The van der Waals surface area contributed by atoms with Crippen LogP contribution >= 0.6 is 11.8 Å². The zero-order chi connectivity index (χ0) is 14.5. The fraction of sp³-hybridized carbons (Fsp3) is 0.375. The minimum atomic E-state index is -4.84. The van der Waals surface area contributed by atoms with Crippen molar-refractivity contribution < 1.29 is 28.0 Å². The van der Waals surface area contributed by atoms with Gasteiger partial charge in [-0.15, -0.1) is 0 Å². The quantitative estimate of drug-likeness (QED) is 0.347. The van der Waals surface area contributed by atoms with E-state index in [-0.39, 0.29) is 0 Å². The summed E-state index contributed by atoms with van der Waals surface area (Å²) in [5.74, 6) is -2.70. The molecule has 0 amide bonds. The van der Waals surface area contributed by atoms with Crippen LogP contribution in [-0.4, -0.2) is 28.6 Å². The Kier molecular flexibility index (Phi) is 5.69. The highest BCUT2D eigenvalue weighted by atomic mass is 32.2. The number of carboxylic acids is 1. The molecule has 2 N–H and O–H groups in total. The lowest BCUT2D eigenvalue weighted by molar-refractivity contribution is -0.431. The second-order valence-corrected chi connectivity index (χ2v) is 3.82. The smallest absolute Gasteiger partial charge is 0.446 e. The molecule has 0 aliphatic heterocycles. The number of nitrogens with zero attached hydrogens (tertiary/aromatic N) is 1. The molecule has 102 valence electrons. The van der Waals surface area contributed by atoms with Crippen molar-refractivity contribution in [2.45, 2.75) is 12.4 Å². The van der Waals surface area contributed by atoms with E-state index in [0.717, 1.165) is 13.1 Å². The van der Waals surface area contributed by atoms with Gasteiger partial charge in [0.1, 0.15) is 4.91 Å². The van der Waals surface area contributed by atoms with Gasteiger partial charge in [-0.2, -0.15) is 13.2 Å². The van der Waals surface area contributed by atoms with Gasteiger partial charge in [0.2, 0.25) is 0 Å². The monoisotopic (exact) mass is 286 g/mol. The number of nitrogens with one attached hydrogen (secondary N) is 1. The highest BCUT2D eigenvalue weighted by Crippen LogP contribution is 2.40. The van der Waals surface area contributed by atoms with Crippen LogP contribution < -0.4 is 5.32 Å². The highest BCUT2D eigenvalue weighted by Gasteiger charge is 2.37. The Hall–Kier alpha value is -1.71. The molecule has 0 aromatic heterocycles. The van der Waals surface area contributed by atoms with Crippen LogP contribution in [0.25, 0.3) is 0 Å². The van der Waals surface area contributed by atoms with Crippen molar-refractivity contribution in [2.75, 3.05) is 7.05 Å². The maximum Gasteiger partial charge on any atom is 0.446 e. The number of carboxylic acid groups (broad SMARTS) is 1. The molecule has 0 heterocycles. The van der Waals surface area contributed by atoms with Gasteiger partial charge in [0, 0.05) is 0 Å². The Morgan fingerprint density at radius 2 is 2.00 bits per heavy atom. The topological polar surface area (TPSA) is 92.5 Å². The van der Waals surface area contributed by atoms with E-state index in [4.69, 9.17) is 5.11 Å². The van der Waals surface area contributed by atoms with E-state index in [1.807, 2.05) is 5.32 Å². The van der Waals surface area contributed by atoms with Gasteiger partial charge in [0.05, 0.1) is 12.6 Å². The van der Waals surface area contributed by atoms with Gasteiger partial charge in [-0.1, -0.05) is 6.08 Å². The first kappa shape index (κ1) is 16.3. The number of allylic oxidation sites excluding steroid dienone is 1. The molecule has 0 atom stereocenters. The fourth-order valence-corrected chi connectivity index (χ4v) is 1.81. The van der Waals surface area contributed by atoms with Crippen LogP contribution in [0.4, 0.5) is 13.2 Å². The van der Waals surface area contributed by atoms with Crippen molar-refractivity contribution in [3.63, 3.8) is 0 Å². The molecular weight excluding hydrogens is 277 g/mol. The summed E-state index contributed by atoms with van der Waals surface area (Å²) in [6, 6.07) is 0. The third-order valence-electron chi connectivity index (χ3n) is 1.62. The van der Waals surface area contributed by atoms with Crippen LogP contribution in [0, 0.1) is 10.1 Å². The average Bonchev–Trinajstić information content (AvgIpc) is 2.15. The number of aliphatic carboxylic acids is 1. The molecule has 6 nitrogen and oxygen atoms in total. The predicted molar refractivity (Wildman–Crippen MR) is 58.1 cm³/mol. The third kappa shape index (κ3) is 4.65. The van der Waals surface area contributed by atoms with Crippen LogP contribution in [0.15, 0.2) is 22.4 Å². The largest absolute Gasteiger partial charge is 0.478 e. The second kappa shape index (κ2) is 6.28. The number of carbonyl (C=O) groups is 1. The Morgan fingerprint density at radius 1 is 1.50 bits per heavy atom. The molecule has 0 rings (SSSR count). The molecule has 0 unspecified atom stereocenters. The van der Waals surface area contributed by atoms with Crippen LogP contribution in [0.3, 0.4) is 0 Å². The summed E-state index contributed by atoms with van der Waals surface area (Å²) < 4.78 is 36.9. The number of thioether (sulfide) groups is 1. The van der Waals surface area contributed by atoms with Crippen molar-refractivity contribution in [2.24, 2.45) is 0 Å². The van der Waals surface area contributed by atoms with Crippen molar-refractivity contribution in [3.05, 3.63) is 32.5 Å². The molecule has 0 aliphatic rings. The van der Waals surface area contributed by atoms with Gasteiger partial charge in [-0.05, 0) is 23.6 Å². The number of alkyl halides is 3. The van der Waals surface area contributed by atoms with Crippen LogP contribution in [-0.2, 0) is 4.79 Å². The van der Waals surface area contributed by atoms with E-state index < -0.39 is 44.5 Å². The zero-order valence-corrected chi connectivity index (χ0v) is 10.1. The molecule has 0 spiro atoms. The summed E-state index contributed by atoms with van der Waals surface area (Å²) in [5, 5.41) is 21.3. The Labute approximate surface area is 104 Å². The standard InChI is InChI=1S/C8H9F3N2O4S/c1-3-4(7(14)15)5(18-8(9,10)11)6(12-2)13(16)17/h3,12H,1-2H3,(H,14,15)/b4-3-,6-5-. The summed E-state index contributed by atoms with van der Waals surface area (Å²) in [5.41, 5.74) is -5.63. The molecule has 0 bridgehead atoms. The fourth-order valence-electron chi connectivity index (χ4n) is 0.986. The first-order valence-corrected chi connectivity index (χ1v) is 5.17. The zero-order valence-electron chi connectivity index (χ0n) is 9.24. The summed E-state index contributed by atoms with van der Waals surface area (Å²) in [6.45, 7) is 1.17. The minimum absolute atomic E-state index is 0.793. The lowest BCUT2D eigenvalue weighted by atomic mass is 10.2. The SMILES string of the molecule is C/C=C(C(=O)O)/C(SC(F)(F)F)=C(\NC)[N+](=O)[O-]. The van der Waals surface area contributed by atoms with Crippen molar-refractivity contribution in [1.82, 2.24) is 5.32 Å². The van der Waals surface area contributed by atoms with Gasteiger partial charge in [-0.25, -0.2) is 4.79 Å². The van der Waals surface area contributed by atoms with E-state index in [9.17, 15) is 28.1 Å². The number of rotatable bonds is 5. The maximum atomic E-state index is 12.3. The van der Waals surface area contributed by atoms with E-state index in [2.05, 4.69) is 0 Å². The third-order valence-corrected chi connectivity index (χ3v) is 2.46. The number of hydrogen-bond donors (Lipinski definition) is 2. The molecule has 0 aromatic carbocycles. The van der Waals surface area contributed by atoms with Gasteiger partial charge < -0.3 is 15.2 Å². The van der Waals surface area contributed by atoms with Gasteiger partial charge in [-0.3, -0.25) is 5.32 Å². The Morgan fingerprint density at radius 3 is 2.22 bits per heavy atom. The van der Waals surface area contributed by atoms with Crippen molar-refractivity contribution >= 4 is 17.7 Å². The summed E-state index contributed by atoms with van der Waals surface area (Å²) in [7, 11) is 1.03. The van der Waals surface area contributed by atoms with Crippen molar-refractivity contribution in [3.8, 4) is 0 Å². The first-order valence-electron chi connectivity index (χ1n) is 4.36. The summed E-state index contributed by atoms with van der Waals surface area (Å²) in [4.78, 5) is 19.2. The molecule has 0 saturated heterocycles. The molecular formula is C8H9F3N2O4S. The summed E-state index contributed by atoms with van der Waals surface area (Å²) >= 11 is -0.850. The maximum absolute atomic E-state index is 12.3. The molecule has 0 aromatic rings. The highest BCUT2D eigenvalue weighted by molar-refractivity contribution is 8.04. The molecule has 0 saturated carbocycles. The molecule has 18 heavy (non-hydrogen) atoms. The second-order valence-electron chi connectivity index (χ2n) is 2.74. The molecule has 0 fully saturated rings. The number of halogens is 3. The first-order chi connectivity index (χ1) is 8.14. The Balaban J connectivity index is 5.86. The molecule has 10 heteroatoms. The molecule has 0 radical (unpaired) electrons. The van der Waals surface area contributed by atoms with E-state index in [0.29, 0.717) is 0 Å². The van der Waals surface area contributed by atoms with E-state index >= 15 is 0 Å². The van der Waals surface area contributed by atoms with E-state index in [1.165, 1.54) is 6.92 Å². The lowest BCUT2D eigenvalue weighted by Gasteiger charge is -2.11. The summed E-state index contributed by atoms with van der Waals surface area (Å²) in [6.07, 6.45) is 0.858. The predicted octanol–water partition coefficient (Wildman–Crippen LogP) is 1.94. The normalized spacial score (nSPS) is 13.9. The minimum Gasteiger partial charge on any atom is -0.478 e. The number of nitro groups is 1. The van der Waals surface area contributed by atoms with E-state index in [1.54, 1.807) is 0 Å². The Bertz CT molecular complexity index is 417. The van der Waals surface area contributed by atoms with Crippen LogP contribution in [0.2, 0.25) is 0 Å². The van der Waals surface area contributed by atoms with Crippen molar-refractivity contribution in [1.29, 1.82) is 0 Å². The van der Waals surface area contributed by atoms with Gasteiger partial charge in [0.25, 0.3) is 0 Å².